The first-order chi connectivity index (χ1) is 18.3. The molecule has 12 heteroatoms. The number of piperidine rings is 1. The summed E-state index contributed by atoms with van der Waals surface area (Å²) in [7, 11) is 0. The number of para-hydroxylation sites is 1. The van der Waals surface area contributed by atoms with E-state index in [1.54, 1.807) is 11.5 Å². The Kier molecular flexibility index (Phi) is 6.69. The third-order valence-corrected chi connectivity index (χ3v) is 6.68. The van der Waals surface area contributed by atoms with Crippen LogP contribution in [0, 0.1) is 18.8 Å². The van der Waals surface area contributed by atoms with Crippen molar-refractivity contribution in [1.82, 2.24) is 28.7 Å². The van der Waals surface area contributed by atoms with Gasteiger partial charge in [-0.25, -0.2) is 14.8 Å². The highest BCUT2D eigenvalue weighted by Crippen LogP contribution is 2.23. The minimum atomic E-state index is -1.24. The maximum Gasteiger partial charge on any atom is 0.333 e. The Morgan fingerprint density at radius 3 is 2.68 bits per heavy atom. The Hall–Kier alpha value is -4.50. The van der Waals surface area contributed by atoms with Crippen LogP contribution in [0.4, 0.5) is 5.95 Å². The highest BCUT2D eigenvalue weighted by molar-refractivity contribution is 5.80. The third kappa shape index (κ3) is 4.52. The van der Waals surface area contributed by atoms with Crippen LogP contribution < -0.4 is 21.9 Å². The highest BCUT2D eigenvalue weighted by atomic mass is 16.4. The number of aryl methyl sites for hydroxylation is 1. The van der Waals surface area contributed by atoms with Crippen LogP contribution in [0.25, 0.3) is 22.1 Å². The SMILES string of the molecule is CC#CCn1c(N2CCCC(N)C2)nc2c1c(=O)n(Cc1nc(C)c3ccccc3n1)c(=O)n2CC(=O)O. The molecule has 0 spiro atoms. The van der Waals surface area contributed by atoms with Crippen LogP contribution in [0.15, 0.2) is 33.9 Å². The van der Waals surface area contributed by atoms with Gasteiger partial charge in [-0.3, -0.25) is 23.3 Å². The molecule has 196 valence electrons. The van der Waals surface area contributed by atoms with E-state index < -0.39 is 23.8 Å². The van der Waals surface area contributed by atoms with Gasteiger partial charge in [0.2, 0.25) is 5.95 Å². The predicted molar refractivity (Wildman–Crippen MR) is 142 cm³/mol. The molecule has 1 unspecified atom stereocenters. The number of rotatable bonds is 6. The van der Waals surface area contributed by atoms with Gasteiger partial charge in [0, 0.05) is 30.2 Å². The molecule has 3 N–H and O–H groups in total. The van der Waals surface area contributed by atoms with E-state index in [1.165, 1.54) is 0 Å². The van der Waals surface area contributed by atoms with Crippen molar-refractivity contribution in [3.05, 3.63) is 56.6 Å². The van der Waals surface area contributed by atoms with E-state index in [2.05, 4.69) is 26.8 Å². The average Bonchev–Trinajstić information content (AvgIpc) is 3.27. The van der Waals surface area contributed by atoms with Gasteiger partial charge in [-0.1, -0.05) is 24.1 Å². The molecule has 1 aliphatic rings. The van der Waals surface area contributed by atoms with Gasteiger partial charge in [0.15, 0.2) is 11.2 Å². The topological polar surface area (TPSA) is 154 Å². The number of nitrogens with zero attached hydrogens (tertiary/aromatic N) is 7. The normalized spacial score (nSPS) is 15.6. The minimum Gasteiger partial charge on any atom is -0.480 e. The zero-order chi connectivity index (χ0) is 27.0. The Balaban J connectivity index is 1.75. The molecule has 3 aromatic heterocycles. The predicted octanol–water partition coefficient (Wildman–Crippen LogP) is 0.695. The standard InChI is InChI=1S/C26H28N8O4/c1-3-4-12-32-22-23(30-25(32)31-11-7-8-17(27)13-31)33(15-21(35)36)26(38)34(24(22)37)14-20-28-16(2)18-9-5-6-10-19(18)29-20/h5-6,9-10,17H,7-8,11-15,27H2,1-2H3,(H,35,36). The number of carboxylic acids is 1. The van der Waals surface area contributed by atoms with E-state index in [4.69, 9.17) is 5.73 Å². The number of carbonyl (C=O) groups is 1. The highest BCUT2D eigenvalue weighted by Gasteiger charge is 2.27. The fraction of sp³-hybridized carbons (Fsp3) is 0.385. The molecule has 1 aromatic carbocycles. The quantitative estimate of drug-likeness (QED) is 0.352. The van der Waals surface area contributed by atoms with Gasteiger partial charge < -0.3 is 15.7 Å². The molecule has 1 atom stereocenters. The number of hydrogen-bond donors (Lipinski definition) is 2. The number of benzene rings is 1. The number of carboxylic acid groups (broad SMARTS) is 1. The van der Waals surface area contributed by atoms with Crippen molar-refractivity contribution in [2.24, 2.45) is 5.73 Å². The van der Waals surface area contributed by atoms with Crippen molar-refractivity contribution >= 4 is 34.0 Å². The summed E-state index contributed by atoms with van der Waals surface area (Å²) in [6.45, 7) is 3.95. The van der Waals surface area contributed by atoms with Crippen LogP contribution in [0.2, 0.25) is 0 Å². The fourth-order valence-electron chi connectivity index (χ4n) is 4.94. The molecule has 0 bridgehead atoms. The number of imidazole rings is 1. The minimum absolute atomic E-state index is 0.00121. The lowest BCUT2D eigenvalue weighted by molar-refractivity contribution is -0.137. The smallest absolute Gasteiger partial charge is 0.333 e. The number of aliphatic carboxylic acids is 1. The Morgan fingerprint density at radius 2 is 1.95 bits per heavy atom. The molecule has 38 heavy (non-hydrogen) atoms. The van der Waals surface area contributed by atoms with Crippen molar-refractivity contribution < 1.29 is 9.90 Å². The zero-order valence-electron chi connectivity index (χ0n) is 21.2. The summed E-state index contributed by atoms with van der Waals surface area (Å²) in [5.41, 5.74) is 6.28. The van der Waals surface area contributed by atoms with E-state index in [1.807, 2.05) is 36.1 Å². The van der Waals surface area contributed by atoms with Gasteiger partial charge in [0.1, 0.15) is 12.4 Å². The lowest BCUT2D eigenvalue weighted by Crippen LogP contribution is -2.44. The van der Waals surface area contributed by atoms with Crippen LogP contribution in [-0.4, -0.2) is 58.9 Å². The van der Waals surface area contributed by atoms with Gasteiger partial charge in [-0.15, -0.1) is 5.92 Å². The van der Waals surface area contributed by atoms with Gasteiger partial charge >= 0.3 is 11.7 Å². The summed E-state index contributed by atoms with van der Waals surface area (Å²) < 4.78 is 3.63. The summed E-state index contributed by atoms with van der Waals surface area (Å²) in [6, 6.07) is 7.39. The van der Waals surface area contributed by atoms with Crippen LogP contribution in [0.5, 0.6) is 0 Å². The van der Waals surface area contributed by atoms with Crippen molar-refractivity contribution in [3.63, 3.8) is 0 Å². The van der Waals surface area contributed by atoms with Crippen LogP contribution in [0.1, 0.15) is 31.3 Å². The summed E-state index contributed by atoms with van der Waals surface area (Å²) in [5.74, 6) is 5.27. The zero-order valence-corrected chi connectivity index (χ0v) is 21.2. The number of nitrogens with two attached hydrogens (primary N) is 1. The molecule has 1 saturated heterocycles. The first kappa shape index (κ1) is 25.2. The number of anilines is 1. The van der Waals surface area contributed by atoms with E-state index in [-0.39, 0.29) is 36.1 Å². The van der Waals surface area contributed by atoms with Crippen molar-refractivity contribution in [2.45, 2.75) is 52.4 Å². The third-order valence-electron chi connectivity index (χ3n) is 6.68. The average molecular weight is 517 g/mol. The molecule has 0 radical (unpaired) electrons. The molecule has 5 rings (SSSR count). The summed E-state index contributed by atoms with van der Waals surface area (Å²) in [6.07, 6.45) is 1.71. The first-order valence-electron chi connectivity index (χ1n) is 12.4. The van der Waals surface area contributed by atoms with E-state index in [9.17, 15) is 19.5 Å². The summed E-state index contributed by atoms with van der Waals surface area (Å²) in [4.78, 5) is 54.8. The van der Waals surface area contributed by atoms with Gasteiger partial charge in [-0.2, -0.15) is 4.98 Å². The van der Waals surface area contributed by atoms with Crippen molar-refractivity contribution in [1.29, 1.82) is 0 Å². The van der Waals surface area contributed by atoms with E-state index in [0.29, 0.717) is 30.2 Å². The number of aromatic nitrogens is 6. The van der Waals surface area contributed by atoms with Gasteiger partial charge in [0.05, 0.1) is 18.6 Å². The second-order valence-corrected chi connectivity index (χ2v) is 9.34. The van der Waals surface area contributed by atoms with Crippen LogP contribution >= 0.6 is 0 Å². The van der Waals surface area contributed by atoms with Crippen LogP contribution in [-0.2, 0) is 24.4 Å². The molecular formula is C26H28N8O4. The Labute approximate surface area is 217 Å². The molecule has 1 aliphatic heterocycles. The molecular weight excluding hydrogens is 488 g/mol. The number of hydrogen-bond acceptors (Lipinski definition) is 8. The fourth-order valence-corrected chi connectivity index (χ4v) is 4.94. The lowest BCUT2D eigenvalue weighted by Gasteiger charge is -2.31. The molecule has 1 fully saturated rings. The second-order valence-electron chi connectivity index (χ2n) is 9.34. The molecule has 0 saturated carbocycles. The van der Waals surface area contributed by atoms with Crippen molar-refractivity contribution in [2.75, 3.05) is 18.0 Å². The van der Waals surface area contributed by atoms with Gasteiger partial charge in [-0.05, 0) is 32.8 Å². The molecule has 4 heterocycles. The van der Waals surface area contributed by atoms with Crippen LogP contribution in [0.3, 0.4) is 0 Å². The summed E-state index contributed by atoms with van der Waals surface area (Å²) >= 11 is 0. The summed E-state index contributed by atoms with van der Waals surface area (Å²) in [5, 5.41) is 10.5. The maximum atomic E-state index is 13.9. The van der Waals surface area contributed by atoms with Crippen molar-refractivity contribution in [3.8, 4) is 11.8 Å². The molecule has 4 aromatic rings. The first-order valence-corrected chi connectivity index (χ1v) is 12.4. The molecule has 0 amide bonds. The van der Waals surface area contributed by atoms with Gasteiger partial charge in [0.25, 0.3) is 5.56 Å². The molecule has 0 aliphatic carbocycles. The molecule has 12 nitrogen and oxygen atoms in total. The largest absolute Gasteiger partial charge is 0.480 e. The lowest BCUT2D eigenvalue weighted by atomic mass is 10.1. The van der Waals surface area contributed by atoms with E-state index >= 15 is 0 Å². The Morgan fingerprint density at radius 1 is 1.16 bits per heavy atom. The maximum absolute atomic E-state index is 13.9. The number of fused-ring (bicyclic) bond motifs is 2. The monoisotopic (exact) mass is 516 g/mol. The van der Waals surface area contributed by atoms with E-state index in [0.717, 1.165) is 27.4 Å². The second kappa shape index (κ2) is 10.1. The Bertz CT molecular complexity index is 1740.